The smallest absolute Gasteiger partial charge is 0.310 e. The van der Waals surface area contributed by atoms with Crippen molar-refractivity contribution in [1.82, 2.24) is 5.32 Å². The number of nitrogens with one attached hydrogen (secondary N) is 1. The van der Waals surface area contributed by atoms with Gasteiger partial charge in [-0.3, -0.25) is 9.59 Å². The minimum absolute atomic E-state index is 0.0456. The lowest BCUT2D eigenvalue weighted by Gasteiger charge is -2.11. The first-order valence-electron chi connectivity index (χ1n) is 4.34. The van der Waals surface area contributed by atoms with Gasteiger partial charge in [-0.05, 0) is 0 Å². The molecule has 0 radical (unpaired) electrons. The topological polar surface area (TPSA) is 55.4 Å². The van der Waals surface area contributed by atoms with Crippen LogP contribution in [0.2, 0.25) is 0 Å². The molecule has 0 bridgehead atoms. The van der Waals surface area contributed by atoms with Crippen LogP contribution < -0.4 is 5.32 Å². The summed E-state index contributed by atoms with van der Waals surface area (Å²) in [4.78, 5) is 22.0. The van der Waals surface area contributed by atoms with E-state index in [1.807, 2.05) is 0 Å². The summed E-state index contributed by atoms with van der Waals surface area (Å²) in [7, 11) is 1.34. The highest BCUT2D eigenvalue weighted by molar-refractivity contribution is 5.79. The zero-order chi connectivity index (χ0) is 10.4. The minimum atomic E-state index is -0.302. The number of ether oxygens (including phenoxy) is 1. The highest BCUT2D eigenvalue weighted by Gasteiger charge is 2.14. The molecule has 1 N–H and O–H groups in total. The van der Waals surface area contributed by atoms with Crippen molar-refractivity contribution in [3.05, 3.63) is 0 Å². The molecule has 0 aliphatic carbocycles. The molecule has 76 valence electrons. The van der Waals surface area contributed by atoms with Crippen LogP contribution >= 0.6 is 0 Å². The van der Waals surface area contributed by atoms with Crippen LogP contribution in [0, 0.1) is 11.8 Å². The van der Waals surface area contributed by atoms with Gasteiger partial charge in [0.2, 0.25) is 5.91 Å². The first kappa shape index (κ1) is 11.9. The molecule has 1 amide bonds. The van der Waals surface area contributed by atoms with E-state index in [2.05, 4.69) is 10.1 Å². The second-order valence-electron chi connectivity index (χ2n) is 3.32. The molecule has 4 nitrogen and oxygen atoms in total. The maximum absolute atomic E-state index is 11.1. The molecule has 13 heavy (non-hydrogen) atoms. The summed E-state index contributed by atoms with van der Waals surface area (Å²) in [6, 6.07) is 0. The lowest BCUT2D eigenvalue weighted by atomic mass is 10.1. The largest absolute Gasteiger partial charge is 0.469 e. The molecule has 1 unspecified atom stereocenters. The van der Waals surface area contributed by atoms with E-state index in [4.69, 9.17) is 0 Å². The molecule has 0 fully saturated rings. The SMILES string of the molecule is COC(=O)C(C)CNC(=O)C(C)C. The van der Waals surface area contributed by atoms with Gasteiger partial charge in [0.05, 0.1) is 13.0 Å². The molecule has 0 rings (SSSR count). The molecular weight excluding hydrogens is 170 g/mol. The highest BCUT2D eigenvalue weighted by atomic mass is 16.5. The van der Waals surface area contributed by atoms with Crippen LogP contribution in [-0.4, -0.2) is 25.5 Å². The van der Waals surface area contributed by atoms with Crippen molar-refractivity contribution in [3.63, 3.8) is 0 Å². The van der Waals surface area contributed by atoms with Gasteiger partial charge in [0.25, 0.3) is 0 Å². The first-order chi connectivity index (χ1) is 5.99. The summed E-state index contributed by atoms with van der Waals surface area (Å²) < 4.78 is 4.51. The van der Waals surface area contributed by atoms with Gasteiger partial charge in [0, 0.05) is 12.5 Å². The number of amides is 1. The molecule has 0 saturated heterocycles. The zero-order valence-electron chi connectivity index (χ0n) is 8.59. The summed E-state index contributed by atoms with van der Waals surface area (Å²) in [5.74, 6) is -0.683. The van der Waals surface area contributed by atoms with Gasteiger partial charge in [0.1, 0.15) is 0 Å². The van der Waals surface area contributed by atoms with Crippen LogP contribution in [0.1, 0.15) is 20.8 Å². The number of methoxy groups -OCH3 is 1. The second kappa shape index (κ2) is 5.56. The van der Waals surface area contributed by atoms with E-state index >= 15 is 0 Å². The van der Waals surface area contributed by atoms with Crippen LogP contribution in [0.4, 0.5) is 0 Å². The van der Waals surface area contributed by atoms with Crippen molar-refractivity contribution >= 4 is 11.9 Å². The lowest BCUT2D eigenvalue weighted by molar-refractivity contribution is -0.144. The minimum Gasteiger partial charge on any atom is -0.469 e. The number of esters is 1. The van der Waals surface area contributed by atoms with Gasteiger partial charge in [-0.1, -0.05) is 20.8 Å². The fourth-order valence-corrected chi connectivity index (χ4v) is 0.742. The second-order valence-corrected chi connectivity index (χ2v) is 3.32. The van der Waals surface area contributed by atoms with E-state index in [0.717, 1.165) is 0 Å². The predicted octanol–water partition coefficient (Wildman–Crippen LogP) is 0.568. The van der Waals surface area contributed by atoms with Crippen LogP contribution in [0.3, 0.4) is 0 Å². The molecule has 0 spiro atoms. The van der Waals surface area contributed by atoms with Crippen molar-refractivity contribution in [2.24, 2.45) is 11.8 Å². The Morgan fingerprint density at radius 2 is 1.85 bits per heavy atom. The molecule has 0 aromatic rings. The number of hydrogen-bond donors (Lipinski definition) is 1. The van der Waals surface area contributed by atoms with E-state index in [1.165, 1.54) is 7.11 Å². The molecule has 0 aromatic heterocycles. The highest BCUT2D eigenvalue weighted by Crippen LogP contribution is 1.97. The van der Waals surface area contributed by atoms with Gasteiger partial charge in [-0.15, -0.1) is 0 Å². The van der Waals surface area contributed by atoms with E-state index in [0.29, 0.717) is 6.54 Å². The average molecular weight is 187 g/mol. The maximum atomic E-state index is 11.1. The van der Waals surface area contributed by atoms with E-state index in [9.17, 15) is 9.59 Å². The summed E-state index contributed by atoms with van der Waals surface area (Å²) in [5, 5.41) is 2.66. The molecular formula is C9H17NO3. The Balaban J connectivity index is 3.76. The maximum Gasteiger partial charge on any atom is 0.310 e. The Kier molecular flexibility index (Phi) is 5.11. The van der Waals surface area contributed by atoms with Crippen molar-refractivity contribution < 1.29 is 14.3 Å². The molecule has 0 heterocycles. The van der Waals surface area contributed by atoms with Crippen molar-refractivity contribution in [3.8, 4) is 0 Å². The molecule has 0 aliphatic rings. The third kappa shape index (κ3) is 4.50. The van der Waals surface area contributed by atoms with Crippen LogP contribution in [0.15, 0.2) is 0 Å². The Morgan fingerprint density at radius 1 is 1.31 bits per heavy atom. The number of carbonyl (C=O) groups is 2. The third-order valence-electron chi connectivity index (χ3n) is 1.71. The van der Waals surface area contributed by atoms with Crippen LogP contribution in [0.25, 0.3) is 0 Å². The Labute approximate surface area is 78.6 Å². The fraction of sp³-hybridized carbons (Fsp3) is 0.778. The van der Waals surface area contributed by atoms with Crippen molar-refractivity contribution in [1.29, 1.82) is 0 Å². The van der Waals surface area contributed by atoms with Crippen molar-refractivity contribution in [2.45, 2.75) is 20.8 Å². The predicted molar refractivity (Wildman–Crippen MR) is 49.0 cm³/mol. The van der Waals surface area contributed by atoms with Gasteiger partial charge in [0.15, 0.2) is 0 Å². The Morgan fingerprint density at radius 3 is 2.23 bits per heavy atom. The van der Waals surface area contributed by atoms with Gasteiger partial charge in [-0.25, -0.2) is 0 Å². The fourth-order valence-electron chi connectivity index (χ4n) is 0.742. The quantitative estimate of drug-likeness (QED) is 0.654. The Bertz CT molecular complexity index is 189. The normalized spacial score (nSPS) is 12.4. The van der Waals surface area contributed by atoms with Gasteiger partial charge < -0.3 is 10.1 Å². The molecule has 0 aliphatic heterocycles. The third-order valence-corrected chi connectivity index (χ3v) is 1.71. The average Bonchev–Trinajstić information content (AvgIpc) is 2.11. The van der Waals surface area contributed by atoms with Gasteiger partial charge in [-0.2, -0.15) is 0 Å². The monoisotopic (exact) mass is 187 g/mol. The van der Waals surface area contributed by atoms with E-state index < -0.39 is 0 Å². The van der Waals surface area contributed by atoms with Crippen LogP contribution in [-0.2, 0) is 14.3 Å². The summed E-state index contributed by atoms with van der Waals surface area (Å²) in [6.45, 7) is 5.66. The van der Waals surface area contributed by atoms with E-state index in [-0.39, 0.29) is 23.7 Å². The first-order valence-corrected chi connectivity index (χ1v) is 4.34. The van der Waals surface area contributed by atoms with Gasteiger partial charge >= 0.3 is 5.97 Å². The molecule has 0 aromatic carbocycles. The molecule has 4 heteroatoms. The van der Waals surface area contributed by atoms with Crippen LogP contribution in [0.5, 0.6) is 0 Å². The van der Waals surface area contributed by atoms with E-state index in [1.54, 1.807) is 20.8 Å². The molecule has 0 saturated carbocycles. The van der Waals surface area contributed by atoms with Crippen molar-refractivity contribution in [2.75, 3.05) is 13.7 Å². The Hall–Kier alpha value is -1.06. The lowest BCUT2D eigenvalue weighted by Crippen LogP contribution is -2.34. The summed E-state index contributed by atoms with van der Waals surface area (Å²) in [5.41, 5.74) is 0. The zero-order valence-corrected chi connectivity index (χ0v) is 8.59. The summed E-state index contributed by atoms with van der Waals surface area (Å²) in [6.07, 6.45) is 0. The number of carbonyl (C=O) groups excluding carboxylic acids is 2. The number of hydrogen-bond acceptors (Lipinski definition) is 3. The standard InChI is InChI=1S/C9H17NO3/c1-6(2)8(11)10-5-7(3)9(12)13-4/h6-7H,5H2,1-4H3,(H,10,11). The molecule has 1 atom stereocenters. The number of rotatable bonds is 4. The summed E-state index contributed by atoms with van der Waals surface area (Å²) >= 11 is 0.